The first-order valence-corrected chi connectivity index (χ1v) is 10.7. The Bertz CT molecular complexity index is 1020. The Morgan fingerprint density at radius 1 is 1.25 bits per heavy atom. The molecule has 1 atom stereocenters. The summed E-state index contributed by atoms with van der Waals surface area (Å²) in [4.78, 5) is 25.4. The normalized spacial score (nSPS) is 14.4. The van der Waals surface area contributed by atoms with E-state index < -0.39 is 21.0 Å². The number of nitro groups is 1. The first-order chi connectivity index (χ1) is 13.2. The minimum absolute atomic E-state index is 0.101. The van der Waals surface area contributed by atoms with Gasteiger partial charge in [-0.2, -0.15) is 0 Å². The lowest BCUT2D eigenvalue weighted by molar-refractivity contribution is -0.384. The van der Waals surface area contributed by atoms with Gasteiger partial charge in [-0.15, -0.1) is 0 Å². The van der Waals surface area contributed by atoms with Gasteiger partial charge in [0.1, 0.15) is 6.04 Å². The third-order valence-corrected chi connectivity index (χ3v) is 5.94. The topological polar surface area (TPSA) is 101 Å². The lowest BCUT2D eigenvalue weighted by Crippen LogP contribution is -2.50. The summed E-state index contributed by atoms with van der Waals surface area (Å²) in [5.74, 6) is -0.343. The van der Waals surface area contributed by atoms with Crippen LogP contribution in [0.15, 0.2) is 48.5 Å². The number of carbonyl (C=O) groups excluding carboxylic acids is 1. The number of nitrogens with zero attached hydrogens (tertiary/aromatic N) is 3. The molecule has 148 valence electrons. The molecule has 1 aliphatic rings. The standard InChI is InChI=1S/C19H21N3O5S/c1-3-17(19(23)20-12-11-14-7-4-5-10-18(14)20)21(28(2,26)27)15-8-6-9-16(13-15)22(24)25/h4-10,13,17H,3,11-12H2,1-2H3/t17-/m0/s1. The van der Waals surface area contributed by atoms with Crippen LogP contribution in [0.5, 0.6) is 0 Å². The van der Waals surface area contributed by atoms with E-state index in [1.165, 1.54) is 24.3 Å². The van der Waals surface area contributed by atoms with E-state index in [2.05, 4.69) is 0 Å². The van der Waals surface area contributed by atoms with Crippen LogP contribution in [0.25, 0.3) is 0 Å². The van der Waals surface area contributed by atoms with Crippen LogP contribution in [-0.2, 0) is 21.2 Å². The van der Waals surface area contributed by atoms with Crippen LogP contribution < -0.4 is 9.21 Å². The third-order valence-electron chi connectivity index (χ3n) is 4.76. The fourth-order valence-corrected chi connectivity index (χ4v) is 4.73. The predicted molar refractivity (Wildman–Crippen MR) is 107 cm³/mol. The largest absolute Gasteiger partial charge is 0.310 e. The van der Waals surface area contributed by atoms with Crippen molar-refractivity contribution >= 4 is 33.0 Å². The summed E-state index contributed by atoms with van der Waals surface area (Å²) < 4.78 is 26.1. The number of nitro benzene ring substituents is 1. The highest BCUT2D eigenvalue weighted by atomic mass is 32.2. The van der Waals surface area contributed by atoms with Crippen molar-refractivity contribution in [1.29, 1.82) is 0 Å². The lowest BCUT2D eigenvalue weighted by Gasteiger charge is -2.32. The van der Waals surface area contributed by atoms with Crippen LogP contribution in [0.3, 0.4) is 0 Å². The molecular weight excluding hydrogens is 382 g/mol. The van der Waals surface area contributed by atoms with Gasteiger partial charge in [-0.05, 0) is 30.5 Å². The first kappa shape index (κ1) is 19.8. The van der Waals surface area contributed by atoms with Gasteiger partial charge in [-0.3, -0.25) is 19.2 Å². The second kappa shape index (κ2) is 7.59. The number of hydrogen-bond acceptors (Lipinski definition) is 5. The molecule has 0 N–H and O–H groups in total. The number of amides is 1. The second-order valence-corrected chi connectivity index (χ2v) is 8.49. The van der Waals surface area contributed by atoms with Crippen molar-refractivity contribution in [3.63, 3.8) is 0 Å². The van der Waals surface area contributed by atoms with Gasteiger partial charge in [-0.25, -0.2) is 8.42 Å². The fraction of sp³-hybridized carbons (Fsp3) is 0.316. The van der Waals surface area contributed by atoms with Crippen molar-refractivity contribution in [1.82, 2.24) is 0 Å². The van der Waals surface area contributed by atoms with E-state index in [1.807, 2.05) is 24.3 Å². The molecule has 28 heavy (non-hydrogen) atoms. The molecule has 1 amide bonds. The molecule has 2 aromatic carbocycles. The highest BCUT2D eigenvalue weighted by Gasteiger charge is 2.37. The Hall–Kier alpha value is -2.94. The number of hydrogen-bond donors (Lipinski definition) is 0. The summed E-state index contributed by atoms with van der Waals surface area (Å²) in [6.45, 7) is 2.20. The van der Waals surface area contributed by atoms with Crippen molar-refractivity contribution in [2.24, 2.45) is 0 Å². The Kier molecular flexibility index (Phi) is 5.37. The van der Waals surface area contributed by atoms with Crippen LogP contribution in [0.1, 0.15) is 18.9 Å². The van der Waals surface area contributed by atoms with E-state index in [4.69, 9.17) is 0 Å². The molecule has 0 bridgehead atoms. The van der Waals surface area contributed by atoms with Gasteiger partial charge in [0.05, 0.1) is 16.9 Å². The van der Waals surface area contributed by atoms with Crippen molar-refractivity contribution in [2.45, 2.75) is 25.8 Å². The van der Waals surface area contributed by atoms with E-state index in [9.17, 15) is 23.3 Å². The summed E-state index contributed by atoms with van der Waals surface area (Å²) in [5, 5.41) is 11.1. The number of sulfonamides is 1. The molecule has 0 unspecified atom stereocenters. The molecule has 1 heterocycles. The number of carbonyl (C=O) groups is 1. The van der Waals surface area contributed by atoms with E-state index in [1.54, 1.807) is 11.8 Å². The van der Waals surface area contributed by atoms with Gasteiger partial charge in [0.2, 0.25) is 10.0 Å². The summed E-state index contributed by atoms with van der Waals surface area (Å²) in [7, 11) is -3.86. The number of fused-ring (bicyclic) bond motifs is 1. The molecule has 0 fully saturated rings. The van der Waals surface area contributed by atoms with Crippen LogP contribution in [0.2, 0.25) is 0 Å². The minimum atomic E-state index is -3.86. The van der Waals surface area contributed by atoms with Gasteiger partial charge in [0, 0.05) is 24.4 Å². The van der Waals surface area contributed by atoms with Crippen molar-refractivity contribution in [3.05, 3.63) is 64.2 Å². The quantitative estimate of drug-likeness (QED) is 0.545. The minimum Gasteiger partial charge on any atom is -0.310 e. The maximum absolute atomic E-state index is 13.3. The molecule has 0 saturated heterocycles. The molecule has 0 aromatic heterocycles. The van der Waals surface area contributed by atoms with Crippen LogP contribution in [0.4, 0.5) is 17.1 Å². The molecule has 0 radical (unpaired) electrons. The summed E-state index contributed by atoms with van der Waals surface area (Å²) >= 11 is 0. The second-order valence-electron chi connectivity index (χ2n) is 6.63. The SMILES string of the molecule is CC[C@@H](C(=O)N1CCc2ccccc21)N(c1cccc([N+](=O)[O-])c1)S(C)(=O)=O. The monoisotopic (exact) mass is 403 g/mol. The van der Waals surface area contributed by atoms with E-state index in [0.29, 0.717) is 13.0 Å². The molecule has 8 nitrogen and oxygen atoms in total. The molecule has 9 heteroatoms. The maximum Gasteiger partial charge on any atom is 0.271 e. The van der Waals surface area contributed by atoms with Gasteiger partial charge in [0.25, 0.3) is 11.6 Å². The summed E-state index contributed by atoms with van der Waals surface area (Å²) in [6, 6.07) is 11.8. The molecule has 1 aliphatic heterocycles. The maximum atomic E-state index is 13.3. The molecule has 0 spiro atoms. The summed E-state index contributed by atoms with van der Waals surface area (Å²) in [6.07, 6.45) is 1.93. The zero-order valence-corrected chi connectivity index (χ0v) is 16.4. The van der Waals surface area contributed by atoms with Gasteiger partial charge in [0.15, 0.2) is 0 Å². The van der Waals surface area contributed by atoms with Gasteiger partial charge >= 0.3 is 0 Å². The van der Waals surface area contributed by atoms with Crippen molar-refractivity contribution < 1.29 is 18.1 Å². The van der Waals surface area contributed by atoms with Crippen LogP contribution >= 0.6 is 0 Å². The van der Waals surface area contributed by atoms with Gasteiger partial charge < -0.3 is 4.90 Å². The van der Waals surface area contributed by atoms with E-state index in [-0.39, 0.29) is 23.7 Å². The highest BCUT2D eigenvalue weighted by molar-refractivity contribution is 7.92. The molecule has 3 rings (SSSR count). The molecule has 2 aromatic rings. The zero-order valence-electron chi connectivity index (χ0n) is 15.6. The van der Waals surface area contributed by atoms with Crippen molar-refractivity contribution in [2.75, 3.05) is 22.0 Å². The Morgan fingerprint density at radius 2 is 1.96 bits per heavy atom. The highest BCUT2D eigenvalue weighted by Crippen LogP contribution is 2.31. The van der Waals surface area contributed by atoms with E-state index in [0.717, 1.165) is 21.8 Å². The number of para-hydroxylation sites is 1. The number of non-ortho nitro benzene ring substituents is 1. The van der Waals surface area contributed by atoms with Gasteiger partial charge in [-0.1, -0.05) is 31.2 Å². The zero-order chi connectivity index (χ0) is 20.5. The van der Waals surface area contributed by atoms with Crippen LogP contribution in [-0.4, -0.2) is 38.1 Å². The van der Waals surface area contributed by atoms with E-state index >= 15 is 0 Å². The number of anilines is 2. The smallest absolute Gasteiger partial charge is 0.271 e. The lowest BCUT2D eigenvalue weighted by atomic mass is 10.1. The average Bonchev–Trinajstić information content (AvgIpc) is 3.08. The molecular formula is C19H21N3O5S. The third kappa shape index (κ3) is 3.70. The van der Waals surface area contributed by atoms with Crippen molar-refractivity contribution in [3.8, 4) is 0 Å². The molecule has 0 aliphatic carbocycles. The predicted octanol–water partition coefficient (Wildman–Crippen LogP) is 2.73. The first-order valence-electron chi connectivity index (χ1n) is 8.87. The Labute approximate surface area is 163 Å². The summed E-state index contributed by atoms with van der Waals surface area (Å²) in [5.41, 5.74) is 1.68. The average molecular weight is 403 g/mol. The van der Waals surface area contributed by atoms with Crippen LogP contribution in [0, 0.1) is 10.1 Å². The molecule has 0 saturated carbocycles. The number of benzene rings is 2. The number of rotatable bonds is 6. The fourth-order valence-electron chi connectivity index (χ4n) is 3.53. The Morgan fingerprint density at radius 3 is 2.61 bits per heavy atom. The Balaban J connectivity index is 2.03.